The summed E-state index contributed by atoms with van der Waals surface area (Å²) in [5.41, 5.74) is 0.731. The summed E-state index contributed by atoms with van der Waals surface area (Å²) >= 11 is 0. The predicted octanol–water partition coefficient (Wildman–Crippen LogP) is 0.439. The highest BCUT2D eigenvalue weighted by molar-refractivity contribution is 5.78. The smallest absolute Gasteiger partial charge is 0.223 e. The average molecular weight is 348 g/mol. The Morgan fingerprint density at radius 2 is 2.12 bits per heavy atom. The van der Waals surface area contributed by atoms with Gasteiger partial charge in [-0.05, 0) is 18.9 Å². The summed E-state index contributed by atoms with van der Waals surface area (Å²) in [7, 11) is 0. The number of amides is 2. The second kappa shape index (κ2) is 8.35. The fourth-order valence-electron chi connectivity index (χ4n) is 3.04. The van der Waals surface area contributed by atoms with Crippen molar-refractivity contribution in [3.63, 3.8) is 0 Å². The quantitative estimate of drug-likeness (QED) is 0.849. The Labute approximate surface area is 146 Å². The number of ether oxygens (including phenoxy) is 2. The van der Waals surface area contributed by atoms with Gasteiger partial charge in [0.25, 0.3) is 0 Å². The SMILES string of the molecule is CC(=O)N1CCO[C@H](c2nccc(CNC(=O)C3CCOCC3)n2)C1. The molecular weight excluding hydrogens is 324 g/mol. The first-order chi connectivity index (χ1) is 12.1. The lowest BCUT2D eigenvalue weighted by Gasteiger charge is -2.31. The zero-order valence-electron chi connectivity index (χ0n) is 14.4. The number of rotatable bonds is 4. The maximum absolute atomic E-state index is 12.2. The van der Waals surface area contributed by atoms with E-state index in [4.69, 9.17) is 9.47 Å². The maximum Gasteiger partial charge on any atom is 0.223 e. The number of nitrogens with one attached hydrogen (secondary N) is 1. The minimum absolute atomic E-state index is 0.0147. The maximum atomic E-state index is 12.2. The summed E-state index contributed by atoms with van der Waals surface area (Å²) < 4.78 is 11.0. The lowest BCUT2D eigenvalue weighted by atomic mass is 9.99. The normalized spacial score (nSPS) is 21.8. The second-order valence-electron chi connectivity index (χ2n) is 6.34. The number of nitrogens with zero attached hydrogens (tertiary/aromatic N) is 3. The van der Waals surface area contributed by atoms with Crippen molar-refractivity contribution in [3.05, 3.63) is 23.8 Å². The topological polar surface area (TPSA) is 93.7 Å². The molecule has 2 aliphatic rings. The molecule has 0 radical (unpaired) electrons. The van der Waals surface area contributed by atoms with Crippen molar-refractivity contribution in [1.82, 2.24) is 20.2 Å². The van der Waals surface area contributed by atoms with Crippen LogP contribution in [-0.4, -0.2) is 59.6 Å². The van der Waals surface area contributed by atoms with Crippen LogP contribution in [0, 0.1) is 5.92 Å². The third kappa shape index (κ3) is 4.73. The highest BCUT2D eigenvalue weighted by atomic mass is 16.5. The minimum Gasteiger partial charge on any atom is -0.381 e. The van der Waals surface area contributed by atoms with Gasteiger partial charge in [0, 0.05) is 38.8 Å². The van der Waals surface area contributed by atoms with Crippen LogP contribution in [0.1, 0.15) is 37.4 Å². The van der Waals surface area contributed by atoms with Gasteiger partial charge in [-0.2, -0.15) is 0 Å². The molecule has 0 spiro atoms. The number of hydrogen-bond donors (Lipinski definition) is 1. The Morgan fingerprint density at radius 1 is 1.32 bits per heavy atom. The molecule has 2 amide bonds. The molecule has 8 nitrogen and oxygen atoms in total. The van der Waals surface area contributed by atoms with Crippen LogP contribution < -0.4 is 5.32 Å². The van der Waals surface area contributed by atoms with Crippen LogP contribution in [0.2, 0.25) is 0 Å². The van der Waals surface area contributed by atoms with Crippen molar-refractivity contribution in [2.45, 2.75) is 32.4 Å². The van der Waals surface area contributed by atoms with Crippen LogP contribution in [0.5, 0.6) is 0 Å². The van der Waals surface area contributed by atoms with E-state index in [1.165, 1.54) is 0 Å². The van der Waals surface area contributed by atoms with Crippen molar-refractivity contribution in [3.8, 4) is 0 Å². The van der Waals surface area contributed by atoms with Crippen LogP contribution in [0.25, 0.3) is 0 Å². The molecule has 1 aromatic rings. The number of carbonyl (C=O) groups is 2. The molecular formula is C17H24N4O4. The van der Waals surface area contributed by atoms with Gasteiger partial charge in [-0.3, -0.25) is 9.59 Å². The molecule has 2 fully saturated rings. The van der Waals surface area contributed by atoms with E-state index in [2.05, 4.69) is 15.3 Å². The second-order valence-corrected chi connectivity index (χ2v) is 6.34. The Morgan fingerprint density at radius 3 is 2.88 bits per heavy atom. The van der Waals surface area contributed by atoms with Gasteiger partial charge >= 0.3 is 0 Å². The molecule has 1 atom stereocenters. The predicted molar refractivity (Wildman–Crippen MR) is 88.4 cm³/mol. The van der Waals surface area contributed by atoms with Crippen molar-refractivity contribution in [2.24, 2.45) is 5.92 Å². The standard InChI is InChI=1S/C17H24N4O4/c1-12(22)21-6-9-25-15(11-21)16-18-5-2-14(20-16)10-19-17(23)13-3-7-24-8-4-13/h2,5,13,15H,3-4,6-11H2,1H3,(H,19,23)/t15-/m0/s1. The fraction of sp³-hybridized carbons (Fsp3) is 0.647. The Kier molecular flexibility index (Phi) is 5.93. The van der Waals surface area contributed by atoms with Crippen LogP contribution in [0.3, 0.4) is 0 Å². The minimum atomic E-state index is -0.330. The number of morpholine rings is 1. The van der Waals surface area contributed by atoms with Gasteiger partial charge in [-0.1, -0.05) is 0 Å². The highest BCUT2D eigenvalue weighted by Crippen LogP contribution is 2.19. The van der Waals surface area contributed by atoms with Gasteiger partial charge in [0.05, 0.1) is 25.4 Å². The first kappa shape index (κ1) is 17.8. The highest BCUT2D eigenvalue weighted by Gasteiger charge is 2.26. The van der Waals surface area contributed by atoms with E-state index in [1.54, 1.807) is 24.1 Å². The lowest BCUT2D eigenvalue weighted by molar-refractivity contribution is -0.137. The van der Waals surface area contributed by atoms with Gasteiger partial charge in [-0.15, -0.1) is 0 Å². The van der Waals surface area contributed by atoms with Gasteiger partial charge in [0.1, 0.15) is 6.10 Å². The van der Waals surface area contributed by atoms with E-state index in [9.17, 15) is 9.59 Å². The Bertz CT molecular complexity index is 618. The van der Waals surface area contributed by atoms with Gasteiger partial charge in [0.2, 0.25) is 11.8 Å². The molecule has 25 heavy (non-hydrogen) atoms. The molecule has 136 valence electrons. The van der Waals surface area contributed by atoms with Crippen LogP contribution in [0.4, 0.5) is 0 Å². The Balaban J connectivity index is 1.57. The molecule has 2 aliphatic heterocycles. The fourth-order valence-corrected chi connectivity index (χ4v) is 3.04. The molecule has 1 aromatic heterocycles. The summed E-state index contributed by atoms with van der Waals surface area (Å²) in [4.78, 5) is 34.2. The molecule has 0 saturated carbocycles. The summed E-state index contributed by atoms with van der Waals surface area (Å²) in [6, 6.07) is 1.78. The number of aromatic nitrogens is 2. The molecule has 8 heteroatoms. The van der Waals surface area contributed by atoms with E-state index in [1.807, 2.05) is 0 Å². The van der Waals surface area contributed by atoms with Crippen molar-refractivity contribution < 1.29 is 19.1 Å². The van der Waals surface area contributed by atoms with Gasteiger partial charge in [0.15, 0.2) is 5.82 Å². The largest absolute Gasteiger partial charge is 0.381 e. The third-order valence-electron chi connectivity index (χ3n) is 4.57. The molecule has 2 saturated heterocycles. The summed E-state index contributed by atoms with van der Waals surface area (Å²) in [6.07, 6.45) is 2.85. The van der Waals surface area contributed by atoms with Crippen LogP contribution >= 0.6 is 0 Å². The number of carbonyl (C=O) groups excluding carboxylic acids is 2. The van der Waals surface area contributed by atoms with Gasteiger partial charge in [-0.25, -0.2) is 9.97 Å². The molecule has 1 N–H and O–H groups in total. The molecule has 0 bridgehead atoms. The van der Waals surface area contributed by atoms with Crippen molar-refractivity contribution >= 4 is 11.8 Å². The molecule has 3 heterocycles. The molecule has 0 aliphatic carbocycles. The monoisotopic (exact) mass is 348 g/mol. The summed E-state index contributed by atoms with van der Waals surface area (Å²) in [5, 5.41) is 2.94. The average Bonchev–Trinajstić information content (AvgIpc) is 2.67. The van der Waals surface area contributed by atoms with E-state index < -0.39 is 0 Å². The third-order valence-corrected chi connectivity index (χ3v) is 4.57. The number of hydrogen-bond acceptors (Lipinski definition) is 6. The van der Waals surface area contributed by atoms with Crippen molar-refractivity contribution in [2.75, 3.05) is 32.9 Å². The first-order valence-electron chi connectivity index (χ1n) is 8.68. The van der Waals surface area contributed by atoms with E-state index >= 15 is 0 Å². The van der Waals surface area contributed by atoms with E-state index in [-0.39, 0.29) is 23.8 Å². The van der Waals surface area contributed by atoms with Crippen molar-refractivity contribution in [1.29, 1.82) is 0 Å². The molecule has 3 rings (SSSR count). The summed E-state index contributed by atoms with van der Waals surface area (Å²) in [5.74, 6) is 0.623. The molecule has 0 unspecified atom stereocenters. The van der Waals surface area contributed by atoms with Crippen LogP contribution in [-0.2, 0) is 25.6 Å². The lowest BCUT2D eigenvalue weighted by Crippen LogP contribution is -2.41. The van der Waals surface area contributed by atoms with E-state index in [0.29, 0.717) is 45.3 Å². The first-order valence-corrected chi connectivity index (χ1v) is 8.68. The van der Waals surface area contributed by atoms with E-state index in [0.717, 1.165) is 18.5 Å². The summed E-state index contributed by atoms with van der Waals surface area (Å²) in [6.45, 7) is 4.70. The van der Waals surface area contributed by atoms with Crippen LogP contribution in [0.15, 0.2) is 12.3 Å². The zero-order valence-corrected chi connectivity index (χ0v) is 14.4. The zero-order chi connectivity index (χ0) is 17.6. The Hall–Kier alpha value is -2.06. The van der Waals surface area contributed by atoms with Gasteiger partial charge < -0.3 is 19.7 Å². The molecule has 0 aromatic carbocycles.